The number of methoxy groups -OCH3 is 2. The number of nitrogens with one attached hydrogen (secondary N) is 2. The van der Waals surface area contributed by atoms with Gasteiger partial charge in [-0.05, 0) is 36.1 Å². The lowest BCUT2D eigenvalue weighted by molar-refractivity contribution is -0.123. The molecule has 1 fully saturated rings. The molecule has 1 amide bonds. The van der Waals surface area contributed by atoms with Gasteiger partial charge in [-0.2, -0.15) is 0 Å². The Morgan fingerprint density at radius 1 is 1.08 bits per heavy atom. The molecule has 0 aromatic heterocycles. The summed E-state index contributed by atoms with van der Waals surface area (Å²) in [6, 6.07) is 15.5. The number of rotatable bonds is 8. The van der Waals surface area contributed by atoms with Crippen molar-refractivity contribution in [2.45, 2.75) is 31.5 Å². The summed E-state index contributed by atoms with van der Waals surface area (Å²) in [4.78, 5) is 12.6. The van der Waals surface area contributed by atoms with Crippen LogP contribution in [0, 0.1) is 0 Å². The minimum absolute atomic E-state index is 0.0224. The highest BCUT2D eigenvalue weighted by atomic mass is 16.5. The first-order valence-corrected chi connectivity index (χ1v) is 8.51. The number of hydrogen-bond acceptors (Lipinski definition) is 4. The van der Waals surface area contributed by atoms with Gasteiger partial charge < -0.3 is 14.8 Å². The maximum atomic E-state index is 12.6. The molecule has 0 radical (unpaired) electrons. The standard InChI is InChI=1S/C20H24N2O3/c1-24-17-11-8-14(12-18(17)25-2)13-21-19(15-6-4-3-5-7-15)20(23)22-16-9-10-16/h3-8,11-12,16,19,21H,9-10,13H2,1-2H3,(H,22,23). The Hall–Kier alpha value is -2.53. The predicted molar refractivity (Wildman–Crippen MR) is 96.7 cm³/mol. The zero-order valence-electron chi connectivity index (χ0n) is 14.6. The number of ether oxygens (including phenoxy) is 2. The molecular weight excluding hydrogens is 316 g/mol. The summed E-state index contributed by atoms with van der Waals surface area (Å²) in [6.07, 6.45) is 2.14. The van der Waals surface area contributed by atoms with Crippen molar-refractivity contribution in [3.05, 3.63) is 59.7 Å². The summed E-state index contributed by atoms with van der Waals surface area (Å²) in [6.45, 7) is 0.554. The van der Waals surface area contributed by atoms with Crippen LogP contribution in [0.4, 0.5) is 0 Å². The van der Waals surface area contributed by atoms with Crippen LogP contribution in [0.1, 0.15) is 30.0 Å². The molecule has 0 aliphatic heterocycles. The van der Waals surface area contributed by atoms with Gasteiger partial charge in [0.1, 0.15) is 6.04 Å². The molecule has 25 heavy (non-hydrogen) atoms. The third kappa shape index (κ3) is 4.51. The third-order valence-corrected chi connectivity index (χ3v) is 4.28. The summed E-state index contributed by atoms with van der Waals surface area (Å²) in [5.74, 6) is 1.40. The van der Waals surface area contributed by atoms with E-state index in [0.29, 0.717) is 24.1 Å². The van der Waals surface area contributed by atoms with Gasteiger partial charge in [0, 0.05) is 12.6 Å². The fraction of sp³-hybridized carbons (Fsp3) is 0.350. The SMILES string of the molecule is COc1ccc(CNC(C(=O)NC2CC2)c2ccccc2)cc1OC. The lowest BCUT2D eigenvalue weighted by Gasteiger charge is -2.19. The van der Waals surface area contributed by atoms with Crippen LogP contribution < -0.4 is 20.1 Å². The van der Waals surface area contributed by atoms with Crippen LogP contribution in [0.15, 0.2) is 48.5 Å². The minimum atomic E-state index is -0.380. The van der Waals surface area contributed by atoms with Crippen LogP contribution in [0.3, 0.4) is 0 Å². The zero-order valence-corrected chi connectivity index (χ0v) is 14.6. The molecule has 5 nitrogen and oxygen atoms in total. The molecular formula is C20H24N2O3. The predicted octanol–water partition coefficient (Wildman–Crippen LogP) is 2.81. The molecule has 5 heteroatoms. The topological polar surface area (TPSA) is 59.6 Å². The monoisotopic (exact) mass is 340 g/mol. The molecule has 132 valence electrons. The van der Waals surface area contributed by atoms with Crippen molar-refractivity contribution < 1.29 is 14.3 Å². The molecule has 1 aliphatic rings. The molecule has 0 heterocycles. The molecule has 1 aliphatic carbocycles. The van der Waals surface area contributed by atoms with E-state index < -0.39 is 0 Å². The van der Waals surface area contributed by atoms with E-state index in [2.05, 4.69) is 10.6 Å². The molecule has 2 aromatic carbocycles. The van der Waals surface area contributed by atoms with Gasteiger partial charge in [-0.3, -0.25) is 10.1 Å². The molecule has 0 bridgehead atoms. The van der Waals surface area contributed by atoms with Crippen LogP contribution in [-0.2, 0) is 11.3 Å². The number of carbonyl (C=O) groups is 1. The fourth-order valence-corrected chi connectivity index (χ4v) is 2.73. The first-order valence-electron chi connectivity index (χ1n) is 8.51. The normalized spacial score (nSPS) is 14.6. The molecule has 1 atom stereocenters. The van der Waals surface area contributed by atoms with Gasteiger partial charge in [0.05, 0.1) is 14.2 Å². The highest BCUT2D eigenvalue weighted by Crippen LogP contribution is 2.28. The van der Waals surface area contributed by atoms with E-state index >= 15 is 0 Å². The minimum Gasteiger partial charge on any atom is -0.493 e. The van der Waals surface area contributed by atoms with E-state index in [9.17, 15) is 4.79 Å². The summed E-state index contributed by atoms with van der Waals surface area (Å²) in [5, 5.41) is 6.45. The van der Waals surface area contributed by atoms with Gasteiger partial charge >= 0.3 is 0 Å². The van der Waals surface area contributed by atoms with Gasteiger partial charge in [0.25, 0.3) is 0 Å². The van der Waals surface area contributed by atoms with Crippen molar-refractivity contribution in [2.24, 2.45) is 0 Å². The molecule has 0 saturated heterocycles. The number of carbonyl (C=O) groups excluding carboxylic acids is 1. The van der Waals surface area contributed by atoms with E-state index in [1.165, 1.54) is 0 Å². The molecule has 2 aromatic rings. The smallest absolute Gasteiger partial charge is 0.241 e. The molecule has 0 spiro atoms. The van der Waals surface area contributed by atoms with Gasteiger partial charge in [0.2, 0.25) is 5.91 Å². The van der Waals surface area contributed by atoms with E-state index in [0.717, 1.165) is 24.0 Å². The Bertz CT molecular complexity index is 714. The van der Waals surface area contributed by atoms with Gasteiger partial charge in [-0.1, -0.05) is 36.4 Å². The average Bonchev–Trinajstić information content (AvgIpc) is 3.46. The Morgan fingerprint density at radius 2 is 1.80 bits per heavy atom. The van der Waals surface area contributed by atoms with E-state index in [4.69, 9.17) is 9.47 Å². The highest BCUT2D eigenvalue weighted by molar-refractivity contribution is 5.83. The molecule has 1 saturated carbocycles. The second kappa shape index (κ2) is 8.03. The fourth-order valence-electron chi connectivity index (χ4n) is 2.73. The second-order valence-corrected chi connectivity index (χ2v) is 6.20. The van der Waals surface area contributed by atoms with Crippen LogP contribution in [-0.4, -0.2) is 26.2 Å². The van der Waals surface area contributed by atoms with Gasteiger partial charge in [-0.15, -0.1) is 0 Å². The Labute approximate surface area is 148 Å². The van der Waals surface area contributed by atoms with Crippen molar-refractivity contribution >= 4 is 5.91 Å². The summed E-state index contributed by atoms with van der Waals surface area (Å²) >= 11 is 0. The van der Waals surface area contributed by atoms with Crippen molar-refractivity contribution in [2.75, 3.05) is 14.2 Å². The van der Waals surface area contributed by atoms with Crippen LogP contribution in [0.5, 0.6) is 11.5 Å². The average molecular weight is 340 g/mol. The summed E-state index contributed by atoms with van der Waals surface area (Å²) in [7, 11) is 3.23. The summed E-state index contributed by atoms with van der Waals surface area (Å²) in [5.41, 5.74) is 1.99. The third-order valence-electron chi connectivity index (χ3n) is 4.28. The number of benzene rings is 2. The number of amides is 1. The maximum Gasteiger partial charge on any atom is 0.241 e. The highest BCUT2D eigenvalue weighted by Gasteiger charge is 2.28. The van der Waals surface area contributed by atoms with E-state index in [1.54, 1.807) is 14.2 Å². The quantitative estimate of drug-likeness (QED) is 0.776. The molecule has 1 unspecified atom stereocenters. The Kier molecular flexibility index (Phi) is 5.56. The van der Waals surface area contributed by atoms with Crippen LogP contribution in [0.25, 0.3) is 0 Å². The van der Waals surface area contributed by atoms with Gasteiger partial charge in [0.15, 0.2) is 11.5 Å². The lowest BCUT2D eigenvalue weighted by Crippen LogP contribution is -2.38. The molecule has 2 N–H and O–H groups in total. The van der Waals surface area contributed by atoms with Crippen LogP contribution >= 0.6 is 0 Å². The first-order chi connectivity index (χ1) is 12.2. The Morgan fingerprint density at radius 3 is 2.44 bits per heavy atom. The van der Waals surface area contributed by atoms with E-state index in [-0.39, 0.29) is 11.9 Å². The van der Waals surface area contributed by atoms with Crippen molar-refractivity contribution in [3.8, 4) is 11.5 Å². The van der Waals surface area contributed by atoms with E-state index in [1.807, 2.05) is 48.5 Å². The van der Waals surface area contributed by atoms with Gasteiger partial charge in [-0.25, -0.2) is 0 Å². The second-order valence-electron chi connectivity index (χ2n) is 6.20. The number of hydrogen-bond donors (Lipinski definition) is 2. The lowest BCUT2D eigenvalue weighted by atomic mass is 10.1. The largest absolute Gasteiger partial charge is 0.493 e. The summed E-state index contributed by atoms with van der Waals surface area (Å²) < 4.78 is 10.6. The van der Waals surface area contributed by atoms with Crippen molar-refractivity contribution in [3.63, 3.8) is 0 Å². The maximum absolute atomic E-state index is 12.6. The molecule has 3 rings (SSSR count). The Balaban J connectivity index is 1.72. The zero-order chi connectivity index (χ0) is 17.6. The van der Waals surface area contributed by atoms with Crippen molar-refractivity contribution in [1.29, 1.82) is 0 Å². The van der Waals surface area contributed by atoms with Crippen molar-refractivity contribution in [1.82, 2.24) is 10.6 Å². The van der Waals surface area contributed by atoms with Crippen LogP contribution in [0.2, 0.25) is 0 Å². The first kappa shape index (κ1) is 17.3.